The minimum Gasteiger partial charge on any atom is -0.452 e. The average molecular weight is 294 g/mol. The van der Waals surface area contributed by atoms with E-state index in [0.717, 1.165) is 0 Å². The highest BCUT2D eigenvalue weighted by Gasteiger charge is 2.37. The summed E-state index contributed by atoms with van der Waals surface area (Å²) in [5.41, 5.74) is 5.13. The van der Waals surface area contributed by atoms with Gasteiger partial charge < -0.3 is 15.4 Å². The number of halogens is 1. The number of amides is 2. The third-order valence-corrected chi connectivity index (χ3v) is 3.30. The molecule has 1 aliphatic rings. The summed E-state index contributed by atoms with van der Waals surface area (Å²) >= 11 is 0. The highest BCUT2D eigenvalue weighted by Crippen LogP contribution is 2.28. The number of anilines is 1. The van der Waals surface area contributed by atoms with Gasteiger partial charge in [-0.05, 0) is 19.1 Å². The topological polar surface area (TPSA) is 89.7 Å². The first-order chi connectivity index (χ1) is 9.90. The normalized spacial score (nSPS) is 19.4. The van der Waals surface area contributed by atoms with Gasteiger partial charge in [0.15, 0.2) is 6.10 Å². The molecule has 0 radical (unpaired) electrons. The van der Waals surface area contributed by atoms with Crippen LogP contribution in [0, 0.1) is 11.7 Å². The van der Waals surface area contributed by atoms with Crippen molar-refractivity contribution in [3.05, 3.63) is 30.1 Å². The van der Waals surface area contributed by atoms with Crippen molar-refractivity contribution in [2.75, 3.05) is 11.4 Å². The Morgan fingerprint density at radius 2 is 2.10 bits per heavy atom. The van der Waals surface area contributed by atoms with Gasteiger partial charge in [0.05, 0.1) is 11.6 Å². The van der Waals surface area contributed by atoms with Gasteiger partial charge in [0.2, 0.25) is 5.91 Å². The first kappa shape index (κ1) is 15.0. The number of nitrogens with zero attached hydrogens (tertiary/aromatic N) is 1. The number of carbonyl (C=O) groups excluding carboxylic acids is 3. The van der Waals surface area contributed by atoms with Crippen LogP contribution in [-0.2, 0) is 19.1 Å². The second-order valence-corrected chi connectivity index (χ2v) is 4.84. The zero-order valence-electron chi connectivity index (χ0n) is 11.4. The Morgan fingerprint density at radius 3 is 2.71 bits per heavy atom. The standard InChI is InChI=1S/C14H15FN2O4/c1-8(13(16)19)21-14(20)9-6-12(18)17(7-9)11-5-3-2-4-10(11)15/h2-5,8-9H,6-7H2,1H3,(H2,16,19). The van der Waals surface area contributed by atoms with Crippen molar-refractivity contribution in [3.63, 3.8) is 0 Å². The van der Waals surface area contributed by atoms with Crippen LogP contribution in [-0.4, -0.2) is 30.4 Å². The predicted octanol–water partition coefficient (Wildman–Crippen LogP) is 0.596. The molecule has 2 rings (SSSR count). The maximum Gasteiger partial charge on any atom is 0.312 e. The quantitative estimate of drug-likeness (QED) is 0.823. The van der Waals surface area contributed by atoms with Gasteiger partial charge in [-0.25, -0.2) is 4.39 Å². The van der Waals surface area contributed by atoms with E-state index in [1.807, 2.05) is 0 Å². The molecule has 2 atom stereocenters. The number of benzene rings is 1. The zero-order chi connectivity index (χ0) is 15.6. The average Bonchev–Trinajstić information content (AvgIpc) is 2.81. The van der Waals surface area contributed by atoms with Crippen LogP contribution in [0.5, 0.6) is 0 Å². The molecular weight excluding hydrogens is 279 g/mol. The molecule has 2 unspecified atom stereocenters. The summed E-state index contributed by atoms with van der Waals surface area (Å²) in [7, 11) is 0. The highest BCUT2D eigenvalue weighted by molar-refractivity contribution is 5.99. The molecule has 21 heavy (non-hydrogen) atoms. The maximum atomic E-state index is 13.7. The Hall–Kier alpha value is -2.44. The Morgan fingerprint density at radius 1 is 1.43 bits per heavy atom. The summed E-state index contributed by atoms with van der Waals surface area (Å²) in [5.74, 6) is -3.09. The number of rotatable bonds is 4. The molecule has 1 heterocycles. The first-order valence-electron chi connectivity index (χ1n) is 6.45. The number of primary amides is 1. The summed E-state index contributed by atoms with van der Waals surface area (Å²) in [4.78, 5) is 35.9. The van der Waals surface area contributed by atoms with E-state index in [-0.39, 0.29) is 24.6 Å². The van der Waals surface area contributed by atoms with Crippen molar-refractivity contribution in [3.8, 4) is 0 Å². The molecule has 112 valence electrons. The third kappa shape index (κ3) is 3.18. The molecule has 0 saturated carbocycles. The second-order valence-electron chi connectivity index (χ2n) is 4.84. The monoisotopic (exact) mass is 294 g/mol. The van der Waals surface area contributed by atoms with Gasteiger partial charge in [-0.15, -0.1) is 0 Å². The lowest BCUT2D eigenvalue weighted by atomic mass is 10.1. The Bertz CT molecular complexity index is 590. The van der Waals surface area contributed by atoms with Crippen LogP contribution in [0.4, 0.5) is 10.1 Å². The molecule has 0 bridgehead atoms. The molecule has 2 N–H and O–H groups in total. The van der Waals surface area contributed by atoms with E-state index in [1.165, 1.54) is 30.0 Å². The van der Waals surface area contributed by atoms with E-state index < -0.39 is 29.7 Å². The van der Waals surface area contributed by atoms with E-state index in [2.05, 4.69) is 0 Å². The lowest BCUT2D eigenvalue weighted by Gasteiger charge is -2.17. The smallest absolute Gasteiger partial charge is 0.312 e. The largest absolute Gasteiger partial charge is 0.452 e. The predicted molar refractivity (Wildman–Crippen MR) is 71.6 cm³/mol. The van der Waals surface area contributed by atoms with Gasteiger partial charge in [0.1, 0.15) is 5.82 Å². The lowest BCUT2D eigenvalue weighted by Crippen LogP contribution is -2.33. The molecule has 1 fully saturated rings. The van der Waals surface area contributed by atoms with Crippen molar-refractivity contribution in [1.29, 1.82) is 0 Å². The fourth-order valence-electron chi connectivity index (χ4n) is 2.10. The molecule has 0 aliphatic carbocycles. The number of nitrogens with two attached hydrogens (primary N) is 1. The Kier molecular flexibility index (Phi) is 4.21. The lowest BCUT2D eigenvalue weighted by molar-refractivity contribution is -0.157. The van der Waals surface area contributed by atoms with Gasteiger partial charge in [-0.2, -0.15) is 0 Å². The van der Waals surface area contributed by atoms with E-state index >= 15 is 0 Å². The van der Waals surface area contributed by atoms with Crippen molar-refractivity contribution in [1.82, 2.24) is 0 Å². The number of hydrogen-bond donors (Lipinski definition) is 1. The molecule has 2 amide bonds. The fraction of sp³-hybridized carbons (Fsp3) is 0.357. The van der Waals surface area contributed by atoms with Crippen LogP contribution in [0.1, 0.15) is 13.3 Å². The van der Waals surface area contributed by atoms with Crippen molar-refractivity contribution in [2.45, 2.75) is 19.4 Å². The second kappa shape index (κ2) is 5.90. The van der Waals surface area contributed by atoms with Gasteiger partial charge in [0, 0.05) is 13.0 Å². The Labute approximate surface area is 120 Å². The van der Waals surface area contributed by atoms with Crippen LogP contribution >= 0.6 is 0 Å². The number of carbonyl (C=O) groups is 3. The summed E-state index contributed by atoms with van der Waals surface area (Å²) in [6, 6.07) is 5.82. The zero-order valence-corrected chi connectivity index (χ0v) is 11.4. The minimum atomic E-state index is -1.06. The molecular formula is C14H15FN2O4. The van der Waals surface area contributed by atoms with Crippen LogP contribution < -0.4 is 10.6 Å². The van der Waals surface area contributed by atoms with Gasteiger partial charge in [-0.3, -0.25) is 14.4 Å². The van der Waals surface area contributed by atoms with Gasteiger partial charge >= 0.3 is 5.97 Å². The maximum absolute atomic E-state index is 13.7. The molecule has 1 saturated heterocycles. The van der Waals surface area contributed by atoms with Crippen LogP contribution in [0.15, 0.2) is 24.3 Å². The van der Waals surface area contributed by atoms with Crippen LogP contribution in [0.25, 0.3) is 0 Å². The van der Waals surface area contributed by atoms with E-state index in [1.54, 1.807) is 6.07 Å². The summed E-state index contributed by atoms with van der Waals surface area (Å²) in [6.45, 7) is 1.37. The number of esters is 1. The van der Waals surface area contributed by atoms with Crippen molar-refractivity contribution >= 4 is 23.5 Å². The molecule has 6 nitrogen and oxygen atoms in total. The summed E-state index contributed by atoms with van der Waals surface area (Å²) in [5, 5.41) is 0. The van der Waals surface area contributed by atoms with Crippen LogP contribution in [0.2, 0.25) is 0 Å². The van der Waals surface area contributed by atoms with E-state index in [0.29, 0.717) is 0 Å². The highest BCUT2D eigenvalue weighted by atomic mass is 19.1. The third-order valence-electron chi connectivity index (χ3n) is 3.30. The van der Waals surface area contributed by atoms with Gasteiger partial charge in [0.25, 0.3) is 5.91 Å². The first-order valence-corrected chi connectivity index (χ1v) is 6.45. The number of ether oxygens (including phenoxy) is 1. The fourth-order valence-corrected chi connectivity index (χ4v) is 2.10. The van der Waals surface area contributed by atoms with Gasteiger partial charge in [-0.1, -0.05) is 12.1 Å². The molecule has 1 aliphatic heterocycles. The van der Waals surface area contributed by atoms with Crippen molar-refractivity contribution in [2.24, 2.45) is 11.7 Å². The number of para-hydroxylation sites is 1. The van der Waals surface area contributed by atoms with E-state index in [9.17, 15) is 18.8 Å². The van der Waals surface area contributed by atoms with Crippen LogP contribution in [0.3, 0.4) is 0 Å². The molecule has 1 aromatic rings. The molecule has 1 aromatic carbocycles. The number of hydrogen-bond acceptors (Lipinski definition) is 4. The summed E-state index contributed by atoms with van der Waals surface area (Å²) in [6.07, 6.45) is -1.14. The van der Waals surface area contributed by atoms with E-state index in [4.69, 9.17) is 10.5 Å². The minimum absolute atomic E-state index is 0.0179. The molecule has 7 heteroatoms. The van der Waals surface area contributed by atoms with Crippen molar-refractivity contribution < 1.29 is 23.5 Å². The summed E-state index contributed by atoms with van der Waals surface area (Å²) < 4.78 is 18.6. The molecule has 0 spiro atoms. The molecule has 0 aromatic heterocycles. The Balaban J connectivity index is 2.08. The SMILES string of the molecule is CC(OC(=O)C1CC(=O)N(c2ccccc2F)C1)C(N)=O.